The van der Waals surface area contributed by atoms with Gasteiger partial charge in [0.05, 0.1) is 17.7 Å². The number of hydrogen-bond acceptors (Lipinski definition) is 4. The highest BCUT2D eigenvalue weighted by Gasteiger charge is 2.12. The van der Waals surface area contributed by atoms with Crippen molar-refractivity contribution in [2.75, 3.05) is 38.6 Å². The van der Waals surface area contributed by atoms with Crippen molar-refractivity contribution in [3.05, 3.63) is 28.8 Å². The molecule has 132 valence electrons. The van der Waals surface area contributed by atoms with Crippen LogP contribution in [-0.4, -0.2) is 49.3 Å². The van der Waals surface area contributed by atoms with Crippen LogP contribution in [0.3, 0.4) is 0 Å². The SMILES string of the molecule is COC(=O)c1cc(NC(=S)NCCCN2CCCCC2)ccc1Cl. The normalized spacial score (nSPS) is 14.9. The molecule has 1 fully saturated rings. The van der Waals surface area contributed by atoms with Gasteiger partial charge in [-0.15, -0.1) is 0 Å². The topological polar surface area (TPSA) is 53.6 Å². The van der Waals surface area contributed by atoms with Crippen molar-refractivity contribution in [1.29, 1.82) is 0 Å². The van der Waals surface area contributed by atoms with E-state index in [1.165, 1.54) is 39.5 Å². The zero-order valence-corrected chi connectivity index (χ0v) is 15.5. The Hall–Kier alpha value is -1.37. The van der Waals surface area contributed by atoms with Crippen LogP contribution in [0.5, 0.6) is 0 Å². The van der Waals surface area contributed by atoms with Crippen LogP contribution >= 0.6 is 23.8 Å². The number of thiocarbonyl (C=S) groups is 1. The van der Waals surface area contributed by atoms with Gasteiger partial charge in [0.1, 0.15) is 0 Å². The molecule has 0 bridgehead atoms. The smallest absolute Gasteiger partial charge is 0.339 e. The van der Waals surface area contributed by atoms with Crippen LogP contribution in [0, 0.1) is 0 Å². The Balaban J connectivity index is 1.74. The molecule has 1 aromatic carbocycles. The van der Waals surface area contributed by atoms with Crippen LogP contribution in [0.15, 0.2) is 18.2 Å². The van der Waals surface area contributed by atoms with Crippen LogP contribution in [0.25, 0.3) is 0 Å². The van der Waals surface area contributed by atoms with Crippen molar-refractivity contribution in [3.8, 4) is 0 Å². The summed E-state index contributed by atoms with van der Waals surface area (Å²) >= 11 is 11.3. The van der Waals surface area contributed by atoms with Gasteiger partial charge in [-0.1, -0.05) is 18.0 Å². The Morgan fingerprint density at radius 1 is 1.33 bits per heavy atom. The van der Waals surface area contributed by atoms with Crippen molar-refractivity contribution in [2.45, 2.75) is 25.7 Å². The standard InChI is InChI=1S/C17H24ClN3O2S/c1-23-16(22)14-12-13(6-7-15(14)18)20-17(24)19-8-5-11-21-9-3-2-4-10-21/h6-7,12H,2-5,8-11H2,1H3,(H2,19,20,24). The molecule has 2 rings (SSSR count). The molecule has 0 spiro atoms. The van der Waals surface area contributed by atoms with Crippen molar-refractivity contribution in [3.63, 3.8) is 0 Å². The van der Waals surface area contributed by atoms with Gasteiger partial charge in [0.2, 0.25) is 0 Å². The summed E-state index contributed by atoms with van der Waals surface area (Å²) in [7, 11) is 1.33. The van der Waals surface area contributed by atoms with Crippen LogP contribution in [0.2, 0.25) is 5.02 Å². The van der Waals surface area contributed by atoms with Gasteiger partial charge >= 0.3 is 5.97 Å². The van der Waals surface area contributed by atoms with Crippen molar-refractivity contribution in [2.24, 2.45) is 0 Å². The maximum atomic E-state index is 11.6. The van der Waals surface area contributed by atoms with Crippen LogP contribution in [0.1, 0.15) is 36.0 Å². The molecule has 0 aromatic heterocycles. The predicted octanol–water partition coefficient (Wildman–Crippen LogP) is 3.29. The first-order valence-corrected chi connectivity index (χ1v) is 9.04. The molecule has 0 radical (unpaired) electrons. The van der Waals surface area contributed by atoms with E-state index >= 15 is 0 Å². The lowest BCUT2D eigenvalue weighted by Crippen LogP contribution is -2.34. The van der Waals surface area contributed by atoms with Crippen LogP contribution < -0.4 is 10.6 Å². The van der Waals surface area contributed by atoms with E-state index in [2.05, 4.69) is 15.5 Å². The van der Waals surface area contributed by atoms with E-state index in [-0.39, 0.29) is 0 Å². The molecule has 5 nitrogen and oxygen atoms in total. The molecule has 0 amide bonds. The molecule has 1 aromatic rings. The first-order chi connectivity index (χ1) is 11.6. The van der Waals surface area contributed by atoms with E-state index in [0.717, 1.165) is 19.5 Å². The van der Waals surface area contributed by atoms with E-state index < -0.39 is 5.97 Å². The Morgan fingerprint density at radius 2 is 2.08 bits per heavy atom. The number of hydrogen-bond donors (Lipinski definition) is 2. The number of ether oxygens (including phenoxy) is 1. The molecule has 0 unspecified atom stereocenters. The van der Waals surface area contributed by atoms with Gasteiger partial charge in [0.25, 0.3) is 0 Å². The fourth-order valence-corrected chi connectivity index (χ4v) is 3.15. The number of rotatable bonds is 6. The highest BCUT2D eigenvalue weighted by molar-refractivity contribution is 7.80. The largest absolute Gasteiger partial charge is 0.465 e. The average Bonchev–Trinajstić information content (AvgIpc) is 2.60. The number of nitrogens with one attached hydrogen (secondary N) is 2. The third-order valence-electron chi connectivity index (χ3n) is 4.01. The number of benzene rings is 1. The van der Waals surface area contributed by atoms with Gasteiger partial charge in [0, 0.05) is 12.2 Å². The van der Waals surface area contributed by atoms with E-state index in [4.69, 9.17) is 28.6 Å². The third-order valence-corrected chi connectivity index (χ3v) is 4.59. The maximum absolute atomic E-state index is 11.6. The summed E-state index contributed by atoms with van der Waals surface area (Å²) in [6, 6.07) is 5.06. The van der Waals surface area contributed by atoms with Crippen LogP contribution in [-0.2, 0) is 4.74 Å². The number of anilines is 1. The van der Waals surface area contributed by atoms with Gasteiger partial charge in [0.15, 0.2) is 5.11 Å². The van der Waals surface area contributed by atoms with Gasteiger partial charge in [-0.25, -0.2) is 4.79 Å². The summed E-state index contributed by atoms with van der Waals surface area (Å²) in [5.74, 6) is -0.468. The molecule has 1 saturated heterocycles. The summed E-state index contributed by atoms with van der Waals surface area (Å²) < 4.78 is 4.71. The van der Waals surface area contributed by atoms with Gasteiger partial charge in [-0.2, -0.15) is 0 Å². The quantitative estimate of drug-likeness (QED) is 0.456. The number of nitrogens with zero attached hydrogens (tertiary/aromatic N) is 1. The lowest BCUT2D eigenvalue weighted by molar-refractivity contribution is 0.0601. The fourth-order valence-electron chi connectivity index (χ4n) is 2.73. The van der Waals surface area contributed by atoms with E-state index in [9.17, 15) is 4.79 Å². The molecular weight excluding hydrogens is 346 g/mol. The van der Waals surface area contributed by atoms with Crippen molar-refractivity contribution >= 4 is 40.6 Å². The molecular formula is C17H24ClN3O2S. The van der Waals surface area contributed by atoms with Crippen LogP contribution in [0.4, 0.5) is 5.69 Å². The molecule has 2 N–H and O–H groups in total. The van der Waals surface area contributed by atoms with Gasteiger partial charge in [-0.3, -0.25) is 0 Å². The maximum Gasteiger partial charge on any atom is 0.339 e. The first-order valence-electron chi connectivity index (χ1n) is 8.25. The highest BCUT2D eigenvalue weighted by Crippen LogP contribution is 2.21. The Morgan fingerprint density at radius 3 is 2.79 bits per heavy atom. The monoisotopic (exact) mass is 369 g/mol. The molecule has 1 aliphatic heterocycles. The van der Waals surface area contributed by atoms with Crippen molar-refractivity contribution < 1.29 is 9.53 Å². The van der Waals surface area contributed by atoms with Gasteiger partial charge < -0.3 is 20.3 Å². The number of halogens is 1. The second kappa shape index (κ2) is 9.81. The summed E-state index contributed by atoms with van der Waals surface area (Å²) in [5, 5.41) is 7.15. The predicted molar refractivity (Wildman–Crippen MR) is 102 cm³/mol. The number of carbonyl (C=O) groups is 1. The van der Waals surface area contributed by atoms with E-state index in [1.54, 1.807) is 18.2 Å². The Labute approximate surface area is 153 Å². The third kappa shape index (κ3) is 5.92. The first kappa shape index (κ1) is 19.0. The molecule has 1 aliphatic rings. The van der Waals surface area contributed by atoms with E-state index in [1.807, 2.05) is 0 Å². The Bertz CT molecular complexity index is 577. The minimum Gasteiger partial charge on any atom is -0.465 e. The second-order valence-corrected chi connectivity index (χ2v) is 6.64. The number of esters is 1. The molecule has 0 saturated carbocycles. The minimum atomic E-state index is -0.468. The van der Waals surface area contributed by atoms with Gasteiger partial charge in [-0.05, 0) is 69.3 Å². The summed E-state index contributed by atoms with van der Waals surface area (Å²) in [6.45, 7) is 4.34. The highest BCUT2D eigenvalue weighted by atomic mass is 35.5. The lowest BCUT2D eigenvalue weighted by Gasteiger charge is -2.26. The van der Waals surface area contributed by atoms with E-state index in [0.29, 0.717) is 21.4 Å². The summed E-state index contributed by atoms with van der Waals surface area (Å²) in [6.07, 6.45) is 5.03. The lowest BCUT2D eigenvalue weighted by atomic mass is 10.1. The average molecular weight is 370 g/mol. The second-order valence-electron chi connectivity index (χ2n) is 5.82. The number of piperidine rings is 1. The summed E-state index contributed by atoms with van der Waals surface area (Å²) in [5.41, 5.74) is 1.02. The zero-order valence-electron chi connectivity index (χ0n) is 13.9. The molecule has 24 heavy (non-hydrogen) atoms. The molecule has 0 aliphatic carbocycles. The zero-order chi connectivity index (χ0) is 17.4. The fraction of sp³-hybridized carbons (Fsp3) is 0.529. The summed E-state index contributed by atoms with van der Waals surface area (Å²) in [4.78, 5) is 14.1. The van der Waals surface area contributed by atoms with Crippen molar-refractivity contribution in [1.82, 2.24) is 10.2 Å². The number of likely N-dealkylation sites (tertiary alicyclic amines) is 1. The number of methoxy groups -OCH3 is 1. The number of carbonyl (C=O) groups excluding carboxylic acids is 1. The molecule has 0 atom stereocenters. The minimum absolute atomic E-state index is 0.317. The molecule has 7 heteroatoms. The Kier molecular flexibility index (Phi) is 7.75. The molecule has 1 heterocycles.